The third-order valence-electron chi connectivity index (χ3n) is 3.70. The van der Waals surface area contributed by atoms with Crippen LogP contribution in [0.2, 0.25) is 0 Å². The van der Waals surface area contributed by atoms with Crippen molar-refractivity contribution < 1.29 is 4.42 Å². The van der Waals surface area contributed by atoms with Crippen LogP contribution in [-0.4, -0.2) is 19.8 Å². The molecule has 5 rings (SSSR count). The minimum absolute atomic E-state index is 0.0127. The molecule has 0 unspecified atom stereocenters. The molecule has 2 aromatic heterocycles. The molecule has 0 radical (unpaired) electrons. The van der Waals surface area contributed by atoms with Gasteiger partial charge in [-0.1, -0.05) is 35.6 Å². The Kier molecular flexibility index (Phi) is 2.42. The molecule has 2 aliphatic rings. The average Bonchev–Trinajstić information content (AvgIpc) is 3.22. The minimum atomic E-state index is -0.0127. The van der Waals surface area contributed by atoms with Gasteiger partial charge in [0, 0.05) is 16.8 Å². The van der Waals surface area contributed by atoms with E-state index >= 15 is 0 Å². The fourth-order valence-electron chi connectivity index (χ4n) is 2.66. The number of nitrogens with zero attached hydrogens (tertiary/aromatic N) is 4. The topological polar surface area (TPSA) is 73.3 Å². The van der Waals surface area contributed by atoms with Crippen LogP contribution < -0.4 is 5.43 Å². The minimum Gasteiger partial charge on any atom is -0.461 e. The molecule has 0 bridgehead atoms. The Morgan fingerprint density at radius 1 is 1.04 bits per heavy atom. The van der Waals surface area contributed by atoms with Crippen molar-refractivity contribution in [3.63, 3.8) is 0 Å². The van der Waals surface area contributed by atoms with Crippen LogP contribution in [0, 0.1) is 0 Å². The number of hydrogen-bond donors (Lipinski definition) is 0. The van der Waals surface area contributed by atoms with Gasteiger partial charge in [0.25, 0.3) is 0 Å². The lowest BCUT2D eigenvalue weighted by molar-refractivity contribution is 0.575. The molecule has 0 N–H and O–H groups in total. The lowest BCUT2D eigenvalue weighted by atomic mass is 10.1. The summed E-state index contributed by atoms with van der Waals surface area (Å²) in [6.45, 7) is 0. The van der Waals surface area contributed by atoms with E-state index < -0.39 is 0 Å². The first-order valence-corrected chi connectivity index (χ1v) is 7.75. The van der Waals surface area contributed by atoms with Gasteiger partial charge in [0.2, 0.25) is 10.8 Å². The monoisotopic (exact) mass is 320 g/mol. The summed E-state index contributed by atoms with van der Waals surface area (Å²) in [7, 11) is 0. The van der Waals surface area contributed by atoms with Crippen molar-refractivity contribution in [3.8, 4) is 22.2 Å². The molecule has 1 aliphatic carbocycles. The van der Waals surface area contributed by atoms with Crippen molar-refractivity contribution in [1.29, 1.82) is 0 Å². The Morgan fingerprint density at radius 3 is 2.74 bits per heavy atom. The molecule has 6 nitrogen and oxygen atoms in total. The van der Waals surface area contributed by atoms with Gasteiger partial charge in [-0.15, -0.1) is 10.2 Å². The van der Waals surface area contributed by atoms with Crippen molar-refractivity contribution in [2.45, 2.75) is 0 Å². The van der Waals surface area contributed by atoms with Gasteiger partial charge in [0.1, 0.15) is 5.69 Å². The van der Waals surface area contributed by atoms with Crippen LogP contribution in [0.1, 0.15) is 0 Å². The van der Waals surface area contributed by atoms with Gasteiger partial charge in [-0.05, 0) is 12.1 Å². The molecule has 0 amide bonds. The van der Waals surface area contributed by atoms with Crippen molar-refractivity contribution in [3.05, 3.63) is 59.0 Å². The molecule has 0 fully saturated rings. The van der Waals surface area contributed by atoms with Gasteiger partial charge < -0.3 is 4.42 Å². The highest BCUT2D eigenvalue weighted by atomic mass is 32.1. The zero-order valence-corrected chi connectivity index (χ0v) is 12.4. The molecule has 7 heteroatoms. The summed E-state index contributed by atoms with van der Waals surface area (Å²) in [5.41, 5.74) is 0.742. The summed E-state index contributed by atoms with van der Waals surface area (Å²) in [6.07, 6.45) is 1.58. The lowest BCUT2D eigenvalue weighted by Gasteiger charge is -2.07. The molecule has 23 heavy (non-hydrogen) atoms. The van der Waals surface area contributed by atoms with Crippen LogP contribution in [0.5, 0.6) is 0 Å². The number of aromatic nitrogens is 4. The maximum atomic E-state index is 12.2. The van der Waals surface area contributed by atoms with Crippen LogP contribution in [0.15, 0.2) is 57.9 Å². The van der Waals surface area contributed by atoms with Gasteiger partial charge in [-0.3, -0.25) is 4.79 Å². The van der Waals surface area contributed by atoms with Crippen molar-refractivity contribution in [2.75, 3.05) is 0 Å². The predicted octanol–water partition coefficient (Wildman–Crippen LogP) is 3.06. The molecule has 3 heterocycles. The number of rotatable bonds is 1. The largest absolute Gasteiger partial charge is 0.461 e. The Bertz CT molecular complexity index is 1190. The molecule has 0 saturated carbocycles. The Morgan fingerprint density at radius 2 is 1.91 bits per heavy atom. The maximum Gasteiger partial charge on any atom is 0.233 e. The first-order valence-electron chi connectivity index (χ1n) is 6.93. The van der Waals surface area contributed by atoms with Gasteiger partial charge in [0.15, 0.2) is 11.2 Å². The first kappa shape index (κ1) is 12.5. The second-order valence-electron chi connectivity index (χ2n) is 5.06. The Hall–Kier alpha value is -3.06. The van der Waals surface area contributed by atoms with Gasteiger partial charge in [0.05, 0.1) is 11.1 Å². The summed E-state index contributed by atoms with van der Waals surface area (Å²) in [5.74, 6) is 1.14. The SMILES string of the molecule is O=c1cc2sc3nnc(-c4ccco4)n3nc-2c2ccccc12. The van der Waals surface area contributed by atoms with Gasteiger partial charge >= 0.3 is 0 Å². The van der Waals surface area contributed by atoms with Gasteiger partial charge in [-0.2, -0.15) is 9.61 Å². The third-order valence-corrected chi connectivity index (χ3v) is 4.67. The molecular weight excluding hydrogens is 312 g/mol. The van der Waals surface area contributed by atoms with E-state index in [0.717, 1.165) is 16.0 Å². The number of fused-ring (bicyclic) bond motifs is 4. The van der Waals surface area contributed by atoms with E-state index in [4.69, 9.17) is 4.42 Å². The highest BCUT2D eigenvalue weighted by molar-refractivity contribution is 7.20. The van der Waals surface area contributed by atoms with Gasteiger partial charge in [-0.25, -0.2) is 0 Å². The standard InChI is InChI=1S/C16H8N4O2S/c21-11-8-13-14(10-5-2-1-4-9(10)11)19-20-15(12-6-3-7-22-12)17-18-16(20)23-13/h1-8H. The van der Waals surface area contributed by atoms with Crippen LogP contribution in [0.25, 0.3) is 37.9 Å². The van der Waals surface area contributed by atoms with E-state index in [2.05, 4.69) is 15.3 Å². The fourth-order valence-corrected chi connectivity index (χ4v) is 3.57. The smallest absolute Gasteiger partial charge is 0.233 e. The van der Waals surface area contributed by atoms with Crippen molar-refractivity contribution >= 4 is 27.1 Å². The van der Waals surface area contributed by atoms with Crippen molar-refractivity contribution in [2.24, 2.45) is 0 Å². The van der Waals surface area contributed by atoms with E-state index in [1.165, 1.54) is 11.3 Å². The zero-order chi connectivity index (χ0) is 15.4. The number of furan rings is 1. The van der Waals surface area contributed by atoms with E-state index in [1.807, 2.05) is 30.3 Å². The second-order valence-corrected chi connectivity index (χ2v) is 6.07. The molecule has 0 atom stereocenters. The fraction of sp³-hybridized carbons (Fsp3) is 0. The van der Waals surface area contributed by atoms with E-state index in [-0.39, 0.29) is 5.43 Å². The summed E-state index contributed by atoms with van der Waals surface area (Å²) in [6, 6.07) is 12.7. The second kappa shape index (κ2) is 4.47. The van der Waals surface area contributed by atoms with E-state index in [0.29, 0.717) is 21.9 Å². The number of hydrogen-bond acceptors (Lipinski definition) is 6. The summed E-state index contributed by atoms with van der Waals surface area (Å²) in [4.78, 5) is 13.6. The molecular formula is C16H8N4O2S. The molecule has 3 aromatic rings. The summed E-state index contributed by atoms with van der Waals surface area (Å²) < 4.78 is 7.05. The molecule has 110 valence electrons. The third kappa shape index (κ3) is 1.74. The molecule has 0 saturated heterocycles. The first-order chi connectivity index (χ1) is 11.3. The van der Waals surface area contributed by atoms with E-state index in [1.54, 1.807) is 22.9 Å². The summed E-state index contributed by atoms with van der Waals surface area (Å²) in [5, 5.41) is 14.4. The van der Waals surface area contributed by atoms with Crippen molar-refractivity contribution in [1.82, 2.24) is 19.8 Å². The highest BCUT2D eigenvalue weighted by Gasteiger charge is 2.18. The normalized spacial score (nSPS) is 11.7. The lowest BCUT2D eigenvalue weighted by Crippen LogP contribution is -2.05. The molecule has 1 aliphatic heterocycles. The van der Waals surface area contributed by atoms with Crippen LogP contribution >= 0.6 is 11.3 Å². The summed E-state index contributed by atoms with van der Waals surface area (Å²) >= 11 is 1.38. The molecule has 0 spiro atoms. The maximum absolute atomic E-state index is 12.2. The quantitative estimate of drug-likeness (QED) is 0.444. The zero-order valence-electron chi connectivity index (χ0n) is 11.6. The van der Waals surface area contributed by atoms with Crippen LogP contribution in [0.3, 0.4) is 0 Å². The average molecular weight is 320 g/mol. The van der Waals surface area contributed by atoms with Crippen LogP contribution in [0.4, 0.5) is 0 Å². The van der Waals surface area contributed by atoms with Crippen LogP contribution in [-0.2, 0) is 0 Å². The Balaban J connectivity index is 1.95. The number of benzene rings is 2. The predicted molar refractivity (Wildman–Crippen MR) is 86.8 cm³/mol. The highest BCUT2D eigenvalue weighted by Crippen LogP contribution is 2.32. The Labute approximate surface area is 133 Å². The molecule has 1 aromatic carbocycles. The van der Waals surface area contributed by atoms with E-state index in [9.17, 15) is 4.79 Å².